The van der Waals surface area contributed by atoms with Gasteiger partial charge in [-0.1, -0.05) is 24.9 Å². The first-order valence-electron chi connectivity index (χ1n) is 4.78. The molecule has 1 aromatic rings. The molecule has 0 saturated carbocycles. The number of ether oxygens (including phenoxy) is 1. The van der Waals surface area contributed by atoms with E-state index in [0.717, 1.165) is 12.8 Å². The van der Waals surface area contributed by atoms with Gasteiger partial charge in [-0.2, -0.15) is 0 Å². The third-order valence-corrected chi connectivity index (χ3v) is 2.76. The van der Waals surface area contributed by atoms with Gasteiger partial charge in [0.25, 0.3) is 0 Å². The molecule has 0 spiro atoms. The van der Waals surface area contributed by atoms with Gasteiger partial charge in [-0.3, -0.25) is 0 Å². The number of carbonyl (C=O) groups is 1. The fraction of sp³-hybridized carbons (Fsp3) is 0.400. The van der Waals surface area contributed by atoms with Crippen LogP contribution >= 0.6 is 27.5 Å². The topological polar surface area (TPSA) is 59.4 Å². The maximum atomic E-state index is 11.6. The van der Waals surface area contributed by atoms with Gasteiger partial charge >= 0.3 is 5.97 Å². The van der Waals surface area contributed by atoms with Crippen LogP contribution in [0.15, 0.2) is 10.7 Å². The highest BCUT2D eigenvalue weighted by molar-refractivity contribution is 9.10. The van der Waals surface area contributed by atoms with Crippen molar-refractivity contribution in [2.75, 3.05) is 6.61 Å². The van der Waals surface area contributed by atoms with Crippen LogP contribution in [0.4, 0.5) is 0 Å². The van der Waals surface area contributed by atoms with Gasteiger partial charge in [0.1, 0.15) is 16.5 Å². The highest BCUT2D eigenvalue weighted by atomic mass is 79.9. The quantitative estimate of drug-likeness (QED) is 0.527. The minimum atomic E-state index is -0.662. The molecule has 0 fully saturated rings. The number of esters is 1. The Morgan fingerprint density at radius 3 is 3.00 bits per heavy atom. The Labute approximate surface area is 107 Å². The van der Waals surface area contributed by atoms with Crippen LogP contribution in [-0.2, 0) is 4.74 Å². The highest BCUT2D eigenvalue weighted by Crippen LogP contribution is 2.31. The van der Waals surface area contributed by atoms with Crippen LogP contribution in [0.1, 0.15) is 30.1 Å². The van der Waals surface area contributed by atoms with Gasteiger partial charge in [-0.15, -0.1) is 0 Å². The number of hydrogen-bond donors (Lipinski definition) is 1. The molecule has 6 heteroatoms. The molecular formula is C10H11BrClNO3. The monoisotopic (exact) mass is 307 g/mol. The summed E-state index contributed by atoms with van der Waals surface area (Å²) in [5.41, 5.74) is -0.104. The number of aromatic hydroxyl groups is 1. The van der Waals surface area contributed by atoms with E-state index < -0.39 is 5.97 Å². The summed E-state index contributed by atoms with van der Waals surface area (Å²) in [6, 6.07) is 0. The fourth-order valence-electron chi connectivity index (χ4n) is 1.02. The fourth-order valence-corrected chi connectivity index (χ4v) is 1.53. The third kappa shape index (κ3) is 3.09. The maximum absolute atomic E-state index is 11.6. The molecule has 0 bridgehead atoms. The number of aromatic nitrogens is 1. The van der Waals surface area contributed by atoms with E-state index in [1.54, 1.807) is 0 Å². The molecule has 1 aromatic heterocycles. The van der Waals surface area contributed by atoms with Crippen molar-refractivity contribution in [3.63, 3.8) is 0 Å². The first kappa shape index (κ1) is 13.3. The largest absolute Gasteiger partial charge is 0.506 e. The van der Waals surface area contributed by atoms with E-state index in [0.29, 0.717) is 11.1 Å². The number of rotatable bonds is 4. The van der Waals surface area contributed by atoms with Crippen LogP contribution in [0, 0.1) is 0 Å². The summed E-state index contributed by atoms with van der Waals surface area (Å²) in [6.07, 6.45) is 3.01. The second-order valence-electron chi connectivity index (χ2n) is 3.11. The molecule has 0 atom stereocenters. The number of pyridine rings is 1. The van der Waals surface area contributed by atoms with Crippen molar-refractivity contribution in [2.45, 2.75) is 19.8 Å². The van der Waals surface area contributed by atoms with Gasteiger partial charge in [-0.25, -0.2) is 9.78 Å². The lowest BCUT2D eigenvalue weighted by molar-refractivity contribution is 0.0496. The zero-order valence-electron chi connectivity index (χ0n) is 8.67. The molecule has 0 radical (unpaired) electrons. The zero-order valence-corrected chi connectivity index (χ0v) is 11.0. The molecular weight excluding hydrogens is 297 g/mol. The smallest absolute Gasteiger partial charge is 0.345 e. The summed E-state index contributed by atoms with van der Waals surface area (Å²) in [5.74, 6) is -0.911. The first-order chi connectivity index (χ1) is 7.57. The number of nitrogens with zero attached hydrogens (tertiary/aromatic N) is 1. The third-order valence-electron chi connectivity index (χ3n) is 1.90. The molecule has 0 aliphatic carbocycles. The Morgan fingerprint density at radius 1 is 1.69 bits per heavy atom. The van der Waals surface area contributed by atoms with E-state index in [2.05, 4.69) is 20.9 Å². The molecule has 0 aromatic carbocycles. The molecule has 0 aliphatic heterocycles. The normalized spacial score (nSPS) is 10.2. The minimum absolute atomic E-state index is 0.0674. The summed E-state index contributed by atoms with van der Waals surface area (Å²) < 4.78 is 5.25. The van der Waals surface area contributed by atoms with Crippen LogP contribution in [0.2, 0.25) is 5.15 Å². The Morgan fingerprint density at radius 2 is 2.38 bits per heavy atom. The molecule has 0 unspecified atom stereocenters. The first-order valence-corrected chi connectivity index (χ1v) is 5.95. The van der Waals surface area contributed by atoms with E-state index in [1.807, 2.05) is 6.92 Å². The standard InChI is InChI=1S/C10H11BrClNO3/c1-2-3-4-16-10(15)7-8(14)6(11)5-13-9(7)12/h5H,2-4H2,1H3,(H,13,14). The Balaban J connectivity index is 2.86. The van der Waals surface area contributed by atoms with Crippen molar-refractivity contribution in [1.29, 1.82) is 0 Å². The lowest BCUT2D eigenvalue weighted by atomic mass is 10.2. The summed E-state index contributed by atoms with van der Waals surface area (Å²) in [7, 11) is 0. The molecule has 1 heterocycles. The molecule has 1 rings (SSSR count). The minimum Gasteiger partial charge on any atom is -0.506 e. The highest BCUT2D eigenvalue weighted by Gasteiger charge is 2.20. The average Bonchev–Trinajstić information content (AvgIpc) is 2.24. The Bertz CT molecular complexity index is 398. The average molecular weight is 309 g/mol. The summed E-state index contributed by atoms with van der Waals surface area (Å²) >= 11 is 8.77. The van der Waals surface area contributed by atoms with Gasteiger partial charge in [0.05, 0.1) is 11.1 Å². The molecule has 88 valence electrons. The molecule has 16 heavy (non-hydrogen) atoms. The van der Waals surface area contributed by atoms with Gasteiger partial charge in [0.2, 0.25) is 0 Å². The van der Waals surface area contributed by atoms with Gasteiger partial charge in [-0.05, 0) is 22.4 Å². The van der Waals surface area contributed by atoms with Crippen LogP contribution in [-0.4, -0.2) is 22.7 Å². The predicted octanol–water partition coefficient (Wildman–Crippen LogP) is 3.16. The Hall–Kier alpha value is -0.810. The van der Waals surface area contributed by atoms with Crippen molar-refractivity contribution in [2.24, 2.45) is 0 Å². The molecule has 0 amide bonds. The summed E-state index contributed by atoms with van der Waals surface area (Å²) in [4.78, 5) is 15.3. The number of hydrogen-bond acceptors (Lipinski definition) is 4. The van der Waals surface area contributed by atoms with Crippen LogP contribution < -0.4 is 0 Å². The van der Waals surface area contributed by atoms with Crippen molar-refractivity contribution < 1.29 is 14.6 Å². The Kier molecular flexibility index (Phi) is 5.02. The number of unbranched alkanes of at least 4 members (excludes halogenated alkanes) is 1. The van der Waals surface area contributed by atoms with Gasteiger partial charge < -0.3 is 9.84 Å². The zero-order chi connectivity index (χ0) is 12.1. The van der Waals surface area contributed by atoms with E-state index in [1.165, 1.54) is 6.20 Å². The molecule has 0 aliphatic rings. The van der Waals surface area contributed by atoms with Crippen LogP contribution in [0.3, 0.4) is 0 Å². The van der Waals surface area contributed by atoms with Crippen molar-refractivity contribution >= 4 is 33.5 Å². The van der Waals surface area contributed by atoms with E-state index in [-0.39, 0.29) is 16.5 Å². The molecule has 4 nitrogen and oxygen atoms in total. The molecule has 1 N–H and O–H groups in total. The van der Waals surface area contributed by atoms with Crippen molar-refractivity contribution in [1.82, 2.24) is 4.98 Å². The predicted molar refractivity (Wildman–Crippen MR) is 63.8 cm³/mol. The van der Waals surface area contributed by atoms with Crippen molar-refractivity contribution in [3.05, 3.63) is 21.4 Å². The lowest BCUT2D eigenvalue weighted by Gasteiger charge is -2.07. The number of halogens is 2. The van der Waals surface area contributed by atoms with E-state index in [4.69, 9.17) is 16.3 Å². The van der Waals surface area contributed by atoms with Gasteiger partial charge in [0.15, 0.2) is 0 Å². The second kappa shape index (κ2) is 6.06. The maximum Gasteiger partial charge on any atom is 0.345 e. The molecule has 0 saturated heterocycles. The van der Waals surface area contributed by atoms with E-state index in [9.17, 15) is 9.90 Å². The second-order valence-corrected chi connectivity index (χ2v) is 4.32. The van der Waals surface area contributed by atoms with Crippen LogP contribution in [0.25, 0.3) is 0 Å². The summed E-state index contributed by atoms with van der Waals surface area (Å²) in [5, 5.41) is 9.57. The summed E-state index contributed by atoms with van der Waals surface area (Å²) in [6.45, 7) is 2.29. The van der Waals surface area contributed by atoms with Gasteiger partial charge in [0, 0.05) is 6.20 Å². The van der Waals surface area contributed by atoms with E-state index >= 15 is 0 Å². The van der Waals surface area contributed by atoms with Crippen LogP contribution in [0.5, 0.6) is 5.75 Å². The lowest BCUT2D eigenvalue weighted by Crippen LogP contribution is -2.08. The number of carbonyl (C=O) groups excluding carboxylic acids is 1. The van der Waals surface area contributed by atoms with Crippen molar-refractivity contribution in [3.8, 4) is 5.75 Å². The SMILES string of the molecule is CCCCOC(=O)c1c(Cl)ncc(Br)c1O.